The van der Waals surface area contributed by atoms with E-state index in [-0.39, 0.29) is 0 Å². The van der Waals surface area contributed by atoms with Gasteiger partial charge in [0, 0.05) is 12.2 Å². The number of ether oxygens (including phenoxy) is 2. The third kappa shape index (κ3) is 3.03. The Labute approximate surface area is 138 Å². The zero-order valence-electron chi connectivity index (χ0n) is 12.8. The van der Waals surface area contributed by atoms with E-state index < -0.39 is 11.9 Å². The first-order chi connectivity index (χ1) is 11.6. The lowest BCUT2D eigenvalue weighted by Gasteiger charge is -2.08. The number of hydrogen-bond donors (Lipinski definition) is 0. The molecule has 0 aliphatic heterocycles. The maximum absolute atomic E-state index is 11.3. The fourth-order valence-electron chi connectivity index (χ4n) is 2.47. The first-order valence-electron chi connectivity index (χ1n) is 7.26. The number of hydrogen-bond acceptors (Lipinski definition) is 4. The summed E-state index contributed by atoms with van der Waals surface area (Å²) in [6.45, 7) is 6.76. The van der Waals surface area contributed by atoms with Crippen LogP contribution < -0.4 is 9.47 Å². The fourth-order valence-corrected chi connectivity index (χ4v) is 2.47. The van der Waals surface area contributed by atoms with Gasteiger partial charge in [-0.05, 0) is 45.8 Å². The molecule has 0 atom stereocenters. The van der Waals surface area contributed by atoms with E-state index in [0.29, 0.717) is 11.5 Å². The standard InChI is InChI=1S/C20H14O4/c1-3-19(21)23-15-7-9-17-13(11-15)5-6-14-12-16(8-10-18(14)17)24-20(22)4-2/h3-12H,1-2H2. The lowest BCUT2D eigenvalue weighted by molar-refractivity contribution is -0.129. The molecule has 3 aromatic rings. The van der Waals surface area contributed by atoms with Gasteiger partial charge in [0.15, 0.2) is 0 Å². The highest BCUT2D eigenvalue weighted by atomic mass is 16.5. The summed E-state index contributed by atoms with van der Waals surface area (Å²) < 4.78 is 10.3. The van der Waals surface area contributed by atoms with Crippen LogP contribution in [-0.4, -0.2) is 11.9 Å². The highest BCUT2D eigenvalue weighted by Gasteiger charge is 2.07. The molecule has 0 fully saturated rings. The molecule has 0 N–H and O–H groups in total. The molecule has 3 aromatic carbocycles. The van der Waals surface area contributed by atoms with Crippen molar-refractivity contribution < 1.29 is 19.1 Å². The lowest BCUT2D eigenvalue weighted by Crippen LogP contribution is -2.03. The summed E-state index contributed by atoms with van der Waals surface area (Å²) in [6, 6.07) is 14.7. The quantitative estimate of drug-likeness (QED) is 0.313. The molecule has 0 saturated heterocycles. The van der Waals surface area contributed by atoms with Crippen molar-refractivity contribution in [2.24, 2.45) is 0 Å². The van der Waals surface area contributed by atoms with Gasteiger partial charge < -0.3 is 9.47 Å². The smallest absolute Gasteiger partial charge is 0.335 e. The molecule has 0 unspecified atom stereocenters. The van der Waals surface area contributed by atoms with E-state index in [2.05, 4.69) is 13.2 Å². The molecule has 4 heteroatoms. The molecule has 3 rings (SSSR count). The minimum Gasteiger partial charge on any atom is -0.423 e. The minimum absolute atomic E-state index is 0.461. The van der Waals surface area contributed by atoms with E-state index in [0.717, 1.165) is 33.7 Å². The van der Waals surface area contributed by atoms with E-state index in [9.17, 15) is 9.59 Å². The Bertz CT molecular complexity index is 905. The van der Waals surface area contributed by atoms with Crippen molar-refractivity contribution in [2.75, 3.05) is 0 Å². The normalized spacial score (nSPS) is 10.3. The monoisotopic (exact) mass is 318 g/mol. The molecule has 0 radical (unpaired) electrons. The van der Waals surface area contributed by atoms with E-state index in [1.807, 2.05) is 24.3 Å². The molecule has 0 amide bonds. The van der Waals surface area contributed by atoms with Gasteiger partial charge in [0.05, 0.1) is 0 Å². The van der Waals surface area contributed by atoms with Gasteiger partial charge in [-0.15, -0.1) is 0 Å². The Morgan fingerprint density at radius 1 is 0.708 bits per heavy atom. The Balaban J connectivity index is 2.03. The van der Waals surface area contributed by atoms with Crippen LogP contribution in [0.25, 0.3) is 21.5 Å². The summed E-state index contributed by atoms with van der Waals surface area (Å²) in [5.74, 6) is -0.0702. The van der Waals surface area contributed by atoms with Crippen molar-refractivity contribution in [2.45, 2.75) is 0 Å². The van der Waals surface area contributed by atoms with Crippen molar-refractivity contribution in [1.82, 2.24) is 0 Å². The number of benzene rings is 3. The third-order valence-corrected chi connectivity index (χ3v) is 3.55. The van der Waals surface area contributed by atoms with E-state index >= 15 is 0 Å². The first kappa shape index (κ1) is 15.5. The Morgan fingerprint density at radius 2 is 1.12 bits per heavy atom. The van der Waals surface area contributed by atoms with Crippen LogP contribution in [0.15, 0.2) is 73.8 Å². The molecule has 0 spiro atoms. The van der Waals surface area contributed by atoms with Crippen LogP contribution in [0.2, 0.25) is 0 Å². The zero-order chi connectivity index (χ0) is 17.1. The molecule has 0 heterocycles. The topological polar surface area (TPSA) is 52.6 Å². The molecular formula is C20H14O4. The maximum Gasteiger partial charge on any atom is 0.335 e. The van der Waals surface area contributed by atoms with Gasteiger partial charge in [-0.1, -0.05) is 37.4 Å². The van der Waals surface area contributed by atoms with Crippen LogP contribution in [0, 0.1) is 0 Å². The number of fused-ring (bicyclic) bond motifs is 3. The summed E-state index contributed by atoms with van der Waals surface area (Å²) in [5, 5.41) is 3.89. The summed E-state index contributed by atoms with van der Waals surface area (Å²) in [4.78, 5) is 22.6. The van der Waals surface area contributed by atoms with Crippen molar-refractivity contribution in [3.63, 3.8) is 0 Å². The summed E-state index contributed by atoms with van der Waals surface area (Å²) in [7, 11) is 0. The van der Waals surface area contributed by atoms with Crippen LogP contribution in [0.3, 0.4) is 0 Å². The van der Waals surface area contributed by atoms with Crippen LogP contribution in [0.5, 0.6) is 11.5 Å². The molecule has 0 aliphatic carbocycles. The summed E-state index contributed by atoms with van der Waals surface area (Å²) >= 11 is 0. The summed E-state index contributed by atoms with van der Waals surface area (Å²) in [6.07, 6.45) is 2.24. The van der Waals surface area contributed by atoms with Crippen molar-refractivity contribution >= 4 is 33.5 Å². The van der Waals surface area contributed by atoms with Crippen LogP contribution in [-0.2, 0) is 9.59 Å². The largest absolute Gasteiger partial charge is 0.423 e. The molecule has 0 saturated carbocycles. The van der Waals surface area contributed by atoms with Gasteiger partial charge in [-0.25, -0.2) is 9.59 Å². The lowest BCUT2D eigenvalue weighted by atomic mass is 10.0. The Hall–Kier alpha value is -3.40. The second-order valence-electron chi connectivity index (χ2n) is 5.08. The van der Waals surface area contributed by atoms with Crippen LogP contribution in [0.1, 0.15) is 0 Å². The number of rotatable bonds is 4. The predicted octanol–water partition coefficient (Wildman–Crippen LogP) is 4.18. The SMILES string of the molecule is C=CC(=O)Oc1ccc2c(ccc3cc(OC(=O)C=C)ccc32)c1. The third-order valence-electron chi connectivity index (χ3n) is 3.55. The van der Waals surface area contributed by atoms with E-state index in [4.69, 9.17) is 9.47 Å². The average Bonchev–Trinajstić information content (AvgIpc) is 2.60. The molecule has 0 aliphatic rings. The number of carbonyl (C=O) groups is 2. The molecule has 0 aromatic heterocycles. The fraction of sp³-hybridized carbons (Fsp3) is 0. The van der Waals surface area contributed by atoms with Gasteiger partial charge >= 0.3 is 11.9 Å². The zero-order valence-corrected chi connectivity index (χ0v) is 12.8. The molecule has 24 heavy (non-hydrogen) atoms. The molecular weight excluding hydrogens is 304 g/mol. The molecule has 4 nitrogen and oxygen atoms in total. The van der Waals surface area contributed by atoms with Gasteiger partial charge in [0.1, 0.15) is 11.5 Å². The number of carbonyl (C=O) groups excluding carboxylic acids is 2. The van der Waals surface area contributed by atoms with E-state index in [1.165, 1.54) is 0 Å². The predicted molar refractivity (Wildman–Crippen MR) is 93.1 cm³/mol. The summed E-state index contributed by atoms with van der Waals surface area (Å²) in [5.41, 5.74) is 0. The van der Waals surface area contributed by atoms with Gasteiger partial charge in [-0.3, -0.25) is 0 Å². The second-order valence-corrected chi connectivity index (χ2v) is 5.08. The van der Waals surface area contributed by atoms with Crippen molar-refractivity contribution in [3.05, 3.63) is 73.8 Å². The number of esters is 2. The van der Waals surface area contributed by atoms with Crippen molar-refractivity contribution in [1.29, 1.82) is 0 Å². The maximum atomic E-state index is 11.3. The average molecular weight is 318 g/mol. The Morgan fingerprint density at radius 3 is 1.50 bits per heavy atom. The first-order valence-corrected chi connectivity index (χ1v) is 7.26. The Kier molecular flexibility index (Phi) is 4.12. The highest BCUT2D eigenvalue weighted by Crippen LogP contribution is 2.30. The second kappa shape index (κ2) is 6.38. The van der Waals surface area contributed by atoms with Crippen molar-refractivity contribution in [3.8, 4) is 11.5 Å². The van der Waals surface area contributed by atoms with Crippen LogP contribution >= 0.6 is 0 Å². The van der Waals surface area contributed by atoms with Gasteiger partial charge in [0.2, 0.25) is 0 Å². The van der Waals surface area contributed by atoms with E-state index in [1.54, 1.807) is 24.3 Å². The minimum atomic E-state index is -0.496. The molecule has 118 valence electrons. The highest BCUT2D eigenvalue weighted by molar-refractivity contribution is 6.08. The molecule has 0 bridgehead atoms. The van der Waals surface area contributed by atoms with Gasteiger partial charge in [-0.2, -0.15) is 0 Å². The van der Waals surface area contributed by atoms with Crippen LogP contribution in [0.4, 0.5) is 0 Å². The van der Waals surface area contributed by atoms with Gasteiger partial charge in [0.25, 0.3) is 0 Å².